The third-order valence-corrected chi connectivity index (χ3v) is 5.46. The number of piperidine rings is 1. The molecule has 1 N–H and O–H groups in total. The van der Waals surface area contributed by atoms with Gasteiger partial charge in [0.15, 0.2) is 0 Å². The number of methoxy groups -OCH3 is 1. The Hall–Kier alpha value is -0.610. The Balaban J connectivity index is 1.75. The molecule has 1 saturated heterocycles. The summed E-state index contributed by atoms with van der Waals surface area (Å²) >= 11 is 0. The maximum absolute atomic E-state index is 11.4. The van der Waals surface area contributed by atoms with Crippen molar-refractivity contribution in [3.63, 3.8) is 0 Å². The number of rotatable bonds is 7. The van der Waals surface area contributed by atoms with Crippen molar-refractivity contribution < 1.29 is 9.53 Å². The molecule has 2 rings (SSSR count). The Labute approximate surface area is 136 Å². The fraction of sp³-hybridized carbons (Fsp3) is 0.944. The van der Waals surface area contributed by atoms with Crippen molar-refractivity contribution in [2.75, 3.05) is 33.3 Å². The highest BCUT2D eigenvalue weighted by Gasteiger charge is 2.27. The number of hydrogen-bond acceptors (Lipinski definition) is 4. The van der Waals surface area contributed by atoms with Gasteiger partial charge in [0, 0.05) is 25.6 Å². The summed E-state index contributed by atoms with van der Waals surface area (Å²) in [6.45, 7) is 6.83. The summed E-state index contributed by atoms with van der Waals surface area (Å²) in [6, 6.07) is 0.596. The maximum Gasteiger partial charge on any atom is 0.305 e. The average Bonchev–Trinajstić information content (AvgIpc) is 2.58. The van der Waals surface area contributed by atoms with Gasteiger partial charge in [-0.3, -0.25) is 4.79 Å². The highest BCUT2D eigenvalue weighted by atomic mass is 16.5. The molecule has 0 aromatic rings. The number of nitrogens with one attached hydrogen (secondary N) is 1. The van der Waals surface area contributed by atoms with Crippen LogP contribution in [0, 0.1) is 11.8 Å². The van der Waals surface area contributed by atoms with E-state index in [1.165, 1.54) is 52.2 Å². The zero-order valence-corrected chi connectivity index (χ0v) is 14.5. The minimum absolute atomic E-state index is 0.0691. The molecule has 2 atom stereocenters. The number of carbonyl (C=O) groups is 1. The van der Waals surface area contributed by atoms with E-state index in [0.717, 1.165) is 32.0 Å². The lowest BCUT2D eigenvalue weighted by molar-refractivity contribution is -0.141. The Bertz CT molecular complexity index is 329. The number of nitrogens with zero attached hydrogens (tertiary/aromatic N) is 1. The zero-order chi connectivity index (χ0) is 15.8. The first-order chi connectivity index (χ1) is 10.7. The number of likely N-dealkylation sites (N-methyl/N-ethyl adjacent to an activating group) is 1. The SMILES string of the molecule is CCN1CC(CCC(=O)OC)CC(NCC2CCCCC2)C1. The average molecular weight is 310 g/mol. The lowest BCUT2D eigenvalue weighted by Crippen LogP contribution is -2.50. The number of hydrogen-bond donors (Lipinski definition) is 1. The van der Waals surface area contributed by atoms with E-state index in [9.17, 15) is 4.79 Å². The summed E-state index contributed by atoms with van der Waals surface area (Å²) in [5.41, 5.74) is 0. The number of likely N-dealkylation sites (tertiary alicyclic amines) is 1. The van der Waals surface area contributed by atoms with Crippen LogP contribution in [0.5, 0.6) is 0 Å². The van der Waals surface area contributed by atoms with Gasteiger partial charge >= 0.3 is 5.97 Å². The molecule has 0 bridgehead atoms. The molecule has 1 saturated carbocycles. The first-order valence-electron chi connectivity index (χ1n) is 9.23. The lowest BCUT2D eigenvalue weighted by Gasteiger charge is -2.38. The first kappa shape index (κ1) is 17.7. The molecule has 4 heteroatoms. The van der Waals surface area contributed by atoms with E-state index in [4.69, 9.17) is 4.74 Å². The van der Waals surface area contributed by atoms with E-state index in [1.54, 1.807) is 0 Å². The van der Waals surface area contributed by atoms with Gasteiger partial charge in [-0.05, 0) is 50.6 Å². The molecule has 0 aromatic carbocycles. The molecule has 1 aliphatic heterocycles. The molecule has 4 nitrogen and oxygen atoms in total. The monoisotopic (exact) mass is 310 g/mol. The molecular weight excluding hydrogens is 276 g/mol. The topological polar surface area (TPSA) is 41.6 Å². The lowest BCUT2D eigenvalue weighted by atomic mass is 9.87. The van der Waals surface area contributed by atoms with Crippen molar-refractivity contribution in [2.24, 2.45) is 11.8 Å². The van der Waals surface area contributed by atoms with Gasteiger partial charge in [-0.15, -0.1) is 0 Å². The third kappa shape index (κ3) is 5.88. The molecule has 1 heterocycles. The molecule has 0 aromatic heterocycles. The van der Waals surface area contributed by atoms with Crippen molar-refractivity contribution in [2.45, 2.75) is 64.3 Å². The summed E-state index contributed by atoms with van der Waals surface area (Å²) in [5, 5.41) is 3.83. The van der Waals surface area contributed by atoms with E-state index in [2.05, 4.69) is 17.1 Å². The van der Waals surface area contributed by atoms with Gasteiger partial charge in [-0.2, -0.15) is 0 Å². The number of ether oxygens (including phenoxy) is 1. The van der Waals surface area contributed by atoms with Crippen molar-refractivity contribution in [1.29, 1.82) is 0 Å². The predicted octanol–water partition coefficient (Wildman–Crippen LogP) is 2.82. The van der Waals surface area contributed by atoms with E-state index >= 15 is 0 Å². The highest BCUT2D eigenvalue weighted by molar-refractivity contribution is 5.69. The van der Waals surface area contributed by atoms with Crippen LogP contribution >= 0.6 is 0 Å². The minimum atomic E-state index is -0.0691. The van der Waals surface area contributed by atoms with E-state index in [0.29, 0.717) is 18.4 Å². The Morgan fingerprint density at radius 1 is 1.18 bits per heavy atom. The number of esters is 1. The Kier molecular flexibility index (Phi) is 7.67. The molecule has 1 aliphatic carbocycles. The van der Waals surface area contributed by atoms with Gasteiger partial charge in [0.1, 0.15) is 0 Å². The van der Waals surface area contributed by atoms with Gasteiger partial charge in [-0.1, -0.05) is 26.2 Å². The molecule has 128 valence electrons. The van der Waals surface area contributed by atoms with E-state index in [-0.39, 0.29) is 5.97 Å². The van der Waals surface area contributed by atoms with Crippen LogP contribution in [0.1, 0.15) is 58.3 Å². The third-order valence-electron chi connectivity index (χ3n) is 5.46. The van der Waals surface area contributed by atoms with Crippen LogP contribution in [-0.4, -0.2) is 50.2 Å². The largest absolute Gasteiger partial charge is 0.469 e. The second-order valence-electron chi connectivity index (χ2n) is 7.18. The van der Waals surface area contributed by atoms with Crippen molar-refractivity contribution in [1.82, 2.24) is 10.2 Å². The highest BCUT2D eigenvalue weighted by Crippen LogP contribution is 2.25. The van der Waals surface area contributed by atoms with Gasteiger partial charge in [-0.25, -0.2) is 0 Å². The fourth-order valence-electron chi connectivity index (χ4n) is 4.07. The predicted molar refractivity (Wildman–Crippen MR) is 89.8 cm³/mol. The van der Waals surface area contributed by atoms with Crippen LogP contribution in [0.3, 0.4) is 0 Å². The Morgan fingerprint density at radius 2 is 1.95 bits per heavy atom. The van der Waals surface area contributed by atoms with E-state index < -0.39 is 0 Å². The Morgan fingerprint density at radius 3 is 2.64 bits per heavy atom. The zero-order valence-electron chi connectivity index (χ0n) is 14.5. The molecule has 2 unspecified atom stereocenters. The summed E-state index contributed by atoms with van der Waals surface area (Å²) < 4.78 is 4.78. The van der Waals surface area contributed by atoms with Crippen molar-refractivity contribution in [3.8, 4) is 0 Å². The van der Waals surface area contributed by atoms with Gasteiger partial charge in [0.25, 0.3) is 0 Å². The second-order valence-corrected chi connectivity index (χ2v) is 7.18. The van der Waals surface area contributed by atoms with Crippen molar-refractivity contribution in [3.05, 3.63) is 0 Å². The molecule has 0 amide bonds. The van der Waals surface area contributed by atoms with Crippen molar-refractivity contribution >= 4 is 5.97 Å². The molecule has 0 radical (unpaired) electrons. The maximum atomic E-state index is 11.4. The molecule has 2 aliphatic rings. The van der Waals surface area contributed by atoms with E-state index in [1.807, 2.05) is 0 Å². The van der Waals surface area contributed by atoms with Gasteiger partial charge in [0.2, 0.25) is 0 Å². The molecule has 22 heavy (non-hydrogen) atoms. The first-order valence-corrected chi connectivity index (χ1v) is 9.23. The normalized spacial score (nSPS) is 27.7. The quantitative estimate of drug-likeness (QED) is 0.734. The number of carbonyl (C=O) groups excluding carboxylic acids is 1. The summed E-state index contributed by atoms with van der Waals surface area (Å²) in [4.78, 5) is 13.9. The van der Waals surface area contributed by atoms with Gasteiger partial charge < -0.3 is 15.0 Å². The van der Waals surface area contributed by atoms with Crippen LogP contribution in [0.25, 0.3) is 0 Å². The minimum Gasteiger partial charge on any atom is -0.469 e. The molecule has 2 fully saturated rings. The molecular formula is C18H34N2O2. The van der Waals surface area contributed by atoms with Crippen LogP contribution in [0.2, 0.25) is 0 Å². The molecule has 0 spiro atoms. The van der Waals surface area contributed by atoms with Crippen LogP contribution in [0.4, 0.5) is 0 Å². The standard InChI is InChI=1S/C18H34N2O2/c1-3-20-13-16(9-10-18(21)22-2)11-17(14-20)19-12-15-7-5-4-6-8-15/h15-17,19H,3-14H2,1-2H3. The fourth-order valence-corrected chi connectivity index (χ4v) is 4.07. The van der Waals surface area contributed by atoms with Crippen LogP contribution in [0.15, 0.2) is 0 Å². The van der Waals surface area contributed by atoms with Crippen LogP contribution in [-0.2, 0) is 9.53 Å². The van der Waals surface area contributed by atoms with Gasteiger partial charge in [0.05, 0.1) is 7.11 Å². The van der Waals surface area contributed by atoms with Crippen LogP contribution < -0.4 is 5.32 Å². The summed E-state index contributed by atoms with van der Waals surface area (Å²) in [7, 11) is 1.48. The smallest absolute Gasteiger partial charge is 0.305 e. The second kappa shape index (κ2) is 9.51. The summed E-state index contributed by atoms with van der Waals surface area (Å²) in [5.74, 6) is 1.44. The summed E-state index contributed by atoms with van der Waals surface area (Å²) in [6.07, 6.45) is 9.81.